The van der Waals surface area contributed by atoms with Crippen LogP contribution in [0, 0.1) is 0 Å². The lowest BCUT2D eigenvalue weighted by atomic mass is 10.3. The number of amides is 1. The number of aromatic nitrogens is 1. The van der Waals surface area contributed by atoms with Gasteiger partial charge in [0.1, 0.15) is 0 Å². The number of nitrogens with zero attached hydrogens (tertiary/aromatic N) is 2. The predicted octanol–water partition coefficient (Wildman–Crippen LogP) is 0.245. The minimum Gasteiger partial charge on any atom is -0.341 e. The zero-order chi connectivity index (χ0) is 9.97. The molecule has 0 spiro atoms. The molecular weight excluding hydrogens is 198 g/mol. The van der Waals surface area contributed by atoms with Gasteiger partial charge in [-0.15, -0.1) is 11.3 Å². The molecule has 0 aromatic carbocycles. The van der Waals surface area contributed by atoms with E-state index in [9.17, 15) is 4.79 Å². The molecule has 1 aromatic heterocycles. The van der Waals surface area contributed by atoms with Crippen LogP contribution in [0.3, 0.4) is 0 Å². The van der Waals surface area contributed by atoms with Crippen molar-refractivity contribution in [3.63, 3.8) is 0 Å². The van der Waals surface area contributed by atoms with Crippen molar-refractivity contribution >= 4 is 17.2 Å². The van der Waals surface area contributed by atoms with E-state index in [0.717, 1.165) is 31.6 Å². The fourth-order valence-corrected chi connectivity index (χ4v) is 2.19. The van der Waals surface area contributed by atoms with Gasteiger partial charge in [0, 0.05) is 24.9 Å². The number of carbonyl (C=O) groups is 1. The minimum absolute atomic E-state index is 0.0835. The zero-order valence-electron chi connectivity index (χ0n) is 7.85. The van der Waals surface area contributed by atoms with Gasteiger partial charge in [0.05, 0.1) is 17.2 Å². The molecule has 2 heterocycles. The molecule has 2 rings (SSSR count). The highest BCUT2D eigenvalue weighted by Gasteiger charge is 2.27. The molecule has 1 amide bonds. The fourth-order valence-electron chi connectivity index (χ4n) is 1.60. The second-order valence-corrected chi connectivity index (χ2v) is 4.17. The second-order valence-electron chi connectivity index (χ2n) is 3.45. The van der Waals surface area contributed by atoms with Crippen LogP contribution in [0.5, 0.6) is 0 Å². The van der Waals surface area contributed by atoms with E-state index in [1.165, 1.54) is 0 Å². The Labute approximate surface area is 86.7 Å². The predicted molar refractivity (Wildman–Crippen MR) is 55.0 cm³/mol. The van der Waals surface area contributed by atoms with Gasteiger partial charge in [-0.05, 0) is 6.42 Å². The SMILES string of the molecule is NC1CCN(CCc2cscn2)C1=O. The number of hydrogen-bond donors (Lipinski definition) is 1. The van der Waals surface area contributed by atoms with Crippen molar-refractivity contribution in [2.24, 2.45) is 5.73 Å². The lowest BCUT2D eigenvalue weighted by Gasteiger charge is -2.14. The third-order valence-electron chi connectivity index (χ3n) is 2.46. The summed E-state index contributed by atoms with van der Waals surface area (Å²) in [6.45, 7) is 1.54. The van der Waals surface area contributed by atoms with Crippen LogP contribution in [0.15, 0.2) is 10.9 Å². The Morgan fingerprint density at radius 1 is 1.71 bits per heavy atom. The highest BCUT2D eigenvalue weighted by Crippen LogP contribution is 2.10. The van der Waals surface area contributed by atoms with Crippen molar-refractivity contribution in [3.8, 4) is 0 Å². The third kappa shape index (κ3) is 1.93. The summed E-state index contributed by atoms with van der Waals surface area (Å²) in [5.41, 5.74) is 8.48. The molecule has 5 heteroatoms. The Balaban J connectivity index is 1.84. The highest BCUT2D eigenvalue weighted by molar-refractivity contribution is 7.07. The van der Waals surface area contributed by atoms with Gasteiger partial charge in [-0.2, -0.15) is 0 Å². The Morgan fingerprint density at radius 2 is 2.57 bits per heavy atom. The summed E-state index contributed by atoms with van der Waals surface area (Å²) >= 11 is 1.58. The van der Waals surface area contributed by atoms with Crippen LogP contribution in [0.1, 0.15) is 12.1 Å². The molecule has 2 N–H and O–H groups in total. The summed E-state index contributed by atoms with van der Waals surface area (Å²) in [7, 11) is 0. The zero-order valence-corrected chi connectivity index (χ0v) is 8.67. The van der Waals surface area contributed by atoms with Gasteiger partial charge < -0.3 is 10.6 Å². The van der Waals surface area contributed by atoms with E-state index in [2.05, 4.69) is 4.98 Å². The molecule has 0 bridgehead atoms. The van der Waals surface area contributed by atoms with Crippen molar-refractivity contribution in [1.82, 2.24) is 9.88 Å². The van der Waals surface area contributed by atoms with Crippen molar-refractivity contribution in [2.45, 2.75) is 18.9 Å². The lowest BCUT2D eigenvalue weighted by molar-refractivity contribution is -0.128. The number of hydrogen-bond acceptors (Lipinski definition) is 4. The quantitative estimate of drug-likeness (QED) is 0.779. The Kier molecular flexibility index (Phi) is 2.79. The second kappa shape index (κ2) is 4.06. The standard InChI is InChI=1S/C9H13N3OS/c10-8-2-4-12(9(8)13)3-1-7-5-14-6-11-7/h5-6,8H,1-4,10H2. The number of carbonyl (C=O) groups excluding carboxylic acids is 1. The van der Waals surface area contributed by atoms with Gasteiger partial charge in [0.15, 0.2) is 0 Å². The largest absolute Gasteiger partial charge is 0.341 e. The van der Waals surface area contributed by atoms with Gasteiger partial charge in [0.25, 0.3) is 0 Å². The van der Waals surface area contributed by atoms with Crippen molar-refractivity contribution in [3.05, 3.63) is 16.6 Å². The third-order valence-corrected chi connectivity index (χ3v) is 3.10. The smallest absolute Gasteiger partial charge is 0.239 e. The van der Waals surface area contributed by atoms with E-state index in [4.69, 9.17) is 5.73 Å². The van der Waals surface area contributed by atoms with Crippen LogP contribution in [0.25, 0.3) is 0 Å². The molecule has 14 heavy (non-hydrogen) atoms. The van der Waals surface area contributed by atoms with E-state index in [0.29, 0.717) is 0 Å². The number of likely N-dealkylation sites (tertiary alicyclic amines) is 1. The fraction of sp³-hybridized carbons (Fsp3) is 0.556. The lowest BCUT2D eigenvalue weighted by Crippen LogP contribution is -2.35. The minimum atomic E-state index is -0.273. The molecule has 1 unspecified atom stereocenters. The average Bonchev–Trinajstić information content (AvgIpc) is 2.77. The van der Waals surface area contributed by atoms with Crippen LogP contribution in [0.2, 0.25) is 0 Å². The molecule has 1 fully saturated rings. The summed E-state index contributed by atoms with van der Waals surface area (Å²) < 4.78 is 0. The van der Waals surface area contributed by atoms with E-state index < -0.39 is 0 Å². The molecule has 0 aliphatic carbocycles. The molecule has 0 radical (unpaired) electrons. The molecular formula is C9H13N3OS. The monoisotopic (exact) mass is 211 g/mol. The Hall–Kier alpha value is -0.940. The summed E-state index contributed by atoms with van der Waals surface area (Å²) in [5.74, 6) is 0.0835. The Morgan fingerprint density at radius 3 is 3.14 bits per heavy atom. The maximum Gasteiger partial charge on any atom is 0.239 e. The number of nitrogens with two attached hydrogens (primary N) is 1. The molecule has 4 nitrogen and oxygen atoms in total. The molecule has 1 aromatic rings. The molecule has 1 aliphatic heterocycles. The van der Waals surface area contributed by atoms with Crippen molar-refractivity contribution in [2.75, 3.05) is 13.1 Å². The summed E-state index contributed by atoms with van der Waals surface area (Å²) in [6.07, 6.45) is 1.62. The van der Waals surface area contributed by atoms with E-state index in [-0.39, 0.29) is 11.9 Å². The van der Waals surface area contributed by atoms with Gasteiger partial charge >= 0.3 is 0 Å². The van der Waals surface area contributed by atoms with E-state index >= 15 is 0 Å². The first kappa shape index (κ1) is 9.61. The van der Waals surface area contributed by atoms with Gasteiger partial charge in [-0.25, -0.2) is 4.98 Å². The molecule has 1 atom stereocenters. The normalized spacial score (nSPS) is 21.9. The van der Waals surface area contributed by atoms with Gasteiger partial charge in [0.2, 0.25) is 5.91 Å². The van der Waals surface area contributed by atoms with Gasteiger partial charge in [-0.1, -0.05) is 0 Å². The summed E-state index contributed by atoms with van der Waals surface area (Å²) in [5, 5.41) is 2.01. The van der Waals surface area contributed by atoms with Crippen molar-refractivity contribution in [1.29, 1.82) is 0 Å². The van der Waals surface area contributed by atoms with Crippen LogP contribution >= 0.6 is 11.3 Å². The van der Waals surface area contributed by atoms with E-state index in [1.54, 1.807) is 11.3 Å². The topological polar surface area (TPSA) is 59.2 Å². The maximum absolute atomic E-state index is 11.4. The van der Waals surface area contributed by atoms with Crippen LogP contribution < -0.4 is 5.73 Å². The van der Waals surface area contributed by atoms with Crippen LogP contribution in [-0.4, -0.2) is 34.9 Å². The maximum atomic E-state index is 11.4. The molecule has 76 valence electrons. The molecule has 1 saturated heterocycles. The number of rotatable bonds is 3. The Bertz CT molecular complexity index is 312. The number of thiazole rings is 1. The van der Waals surface area contributed by atoms with Crippen molar-refractivity contribution < 1.29 is 4.79 Å². The molecule has 0 saturated carbocycles. The first-order valence-corrected chi connectivity index (χ1v) is 5.63. The highest BCUT2D eigenvalue weighted by atomic mass is 32.1. The van der Waals surface area contributed by atoms with Crippen LogP contribution in [0.4, 0.5) is 0 Å². The summed E-state index contributed by atoms with van der Waals surface area (Å²) in [6, 6.07) is -0.273. The summed E-state index contributed by atoms with van der Waals surface area (Å²) in [4.78, 5) is 17.4. The molecule has 1 aliphatic rings. The first-order chi connectivity index (χ1) is 6.77. The van der Waals surface area contributed by atoms with E-state index in [1.807, 2.05) is 15.8 Å². The van der Waals surface area contributed by atoms with Crippen LogP contribution in [-0.2, 0) is 11.2 Å². The average molecular weight is 211 g/mol. The first-order valence-electron chi connectivity index (χ1n) is 4.69. The van der Waals surface area contributed by atoms with Gasteiger partial charge in [-0.3, -0.25) is 4.79 Å².